The molecule has 158 valence electrons. The molecule has 3 aromatic carbocycles. The summed E-state index contributed by atoms with van der Waals surface area (Å²) in [5, 5.41) is 2.60. The molecule has 0 saturated carbocycles. The molecule has 4 aromatic rings. The van der Waals surface area contributed by atoms with Crippen molar-refractivity contribution in [2.24, 2.45) is 0 Å². The van der Waals surface area contributed by atoms with Crippen LogP contribution in [0.1, 0.15) is 31.9 Å². The number of benzene rings is 3. The number of hydrogen-bond donors (Lipinski definition) is 0. The van der Waals surface area contributed by atoms with Gasteiger partial charge in [0.25, 0.3) is 0 Å². The van der Waals surface area contributed by atoms with E-state index in [0.29, 0.717) is 0 Å². The second kappa shape index (κ2) is 7.95. The summed E-state index contributed by atoms with van der Waals surface area (Å²) in [6.45, 7) is 9.09. The average Bonchev–Trinajstić information content (AvgIpc) is 2.71. The van der Waals surface area contributed by atoms with E-state index in [4.69, 9.17) is 4.98 Å². The van der Waals surface area contributed by atoms with Crippen LogP contribution < -0.4 is 4.40 Å². The van der Waals surface area contributed by atoms with Crippen LogP contribution in [0.25, 0.3) is 33.2 Å². The quantitative estimate of drug-likeness (QED) is 0.281. The van der Waals surface area contributed by atoms with E-state index < -0.39 is 13.3 Å². The first-order valence-electron chi connectivity index (χ1n) is 11.2. The van der Waals surface area contributed by atoms with Crippen LogP contribution in [-0.2, 0) is 5.41 Å². The molecule has 0 aliphatic heterocycles. The monoisotopic (exact) mass is 469 g/mol. The molecule has 0 fully saturated rings. The van der Waals surface area contributed by atoms with Crippen LogP contribution in [-0.4, -0.2) is 18.3 Å². The second-order valence-corrected chi connectivity index (χ2v) is 21.4. The normalized spacial score (nSPS) is 12.4. The van der Waals surface area contributed by atoms with Gasteiger partial charge in [-0.05, 0) is 0 Å². The summed E-state index contributed by atoms with van der Waals surface area (Å²) in [6, 6.07) is 24.7. The van der Waals surface area contributed by atoms with Crippen molar-refractivity contribution in [2.45, 2.75) is 50.4 Å². The first-order valence-corrected chi connectivity index (χ1v) is 18.5. The first-order chi connectivity index (χ1) is 14.5. The summed E-state index contributed by atoms with van der Waals surface area (Å²) < 4.78 is 1.56. The maximum absolute atomic E-state index is 4.76. The molecule has 0 unspecified atom stereocenters. The van der Waals surface area contributed by atoms with Crippen molar-refractivity contribution in [3.63, 3.8) is 0 Å². The van der Waals surface area contributed by atoms with Gasteiger partial charge >= 0.3 is 184 Å². The number of rotatable bonds is 3. The van der Waals surface area contributed by atoms with Gasteiger partial charge in [0.05, 0.1) is 0 Å². The van der Waals surface area contributed by atoms with Crippen LogP contribution in [0.4, 0.5) is 0 Å². The molecule has 1 aromatic heterocycles. The summed E-state index contributed by atoms with van der Waals surface area (Å²) in [5.74, 6) is 7.35. The number of hydrogen-bond acceptors (Lipinski definition) is 1. The van der Waals surface area contributed by atoms with Crippen molar-refractivity contribution >= 4 is 28.4 Å². The minimum absolute atomic E-state index is 0.0673. The molecule has 0 saturated heterocycles. The zero-order valence-corrected chi connectivity index (χ0v) is 22.0. The maximum atomic E-state index is 4.76. The molecule has 0 aliphatic rings. The van der Waals surface area contributed by atoms with Gasteiger partial charge in [-0.2, -0.15) is 0 Å². The van der Waals surface area contributed by atoms with Crippen molar-refractivity contribution < 1.29 is 0 Å². The summed E-state index contributed by atoms with van der Waals surface area (Å²) in [5.41, 5.74) is 7.54. The predicted octanol–water partition coefficient (Wildman–Crippen LogP) is 7.72. The van der Waals surface area contributed by atoms with Crippen molar-refractivity contribution in [3.8, 4) is 22.4 Å². The Kier molecular flexibility index (Phi) is 5.60. The van der Waals surface area contributed by atoms with Crippen LogP contribution in [0, 0.1) is 6.92 Å². The van der Waals surface area contributed by atoms with Gasteiger partial charge in [-0.25, -0.2) is 0 Å². The van der Waals surface area contributed by atoms with E-state index >= 15 is 0 Å². The second-order valence-electron chi connectivity index (χ2n) is 10.7. The molecule has 0 amide bonds. The van der Waals surface area contributed by atoms with Gasteiger partial charge in [0.15, 0.2) is 0 Å². The molecule has 0 spiro atoms. The molecule has 1 nitrogen and oxygen atoms in total. The molecular weight excluding hydrogens is 435 g/mol. The molecule has 4 rings (SSSR count). The van der Waals surface area contributed by atoms with Crippen LogP contribution in [0.15, 0.2) is 72.9 Å². The molecule has 0 radical (unpaired) electrons. The van der Waals surface area contributed by atoms with E-state index in [1.54, 1.807) is 4.40 Å². The van der Waals surface area contributed by atoms with E-state index in [2.05, 4.69) is 112 Å². The minimum atomic E-state index is -1.83. The van der Waals surface area contributed by atoms with Crippen molar-refractivity contribution in [1.82, 2.24) is 4.98 Å². The average molecular weight is 468 g/mol. The topological polar surface area (TPSA) is 12.9 Å². The molecule has 0 N–H and O–H groups in total. The molecule has 2 heteroatoms. The zero-order chi connectivity index (χ0) is 22.4. The van der Waals surface area contributed by atoms with Gasteiger partial charge in [0, 0.05) is 0 Å². The number of aryl methyl sites for hydroxylation is 1. The molecule has 0 bridgehead atoms. The summed E-state index contributed by atoms with van der Waals surface area (Å²) in [6.07, 6.45) is 1.95. The van der Waals surface area contributed by atoms with E-state index in [-0.39, 0.29) is 5.41 Å². The Hall–Kier alpha value is -2.39. The Labute approximate surface area is 189 Å². The SMILES string of the molecule is Cc1c[c]([Ge]([CH3])([CH3])[CH3])ccc1-c1ccnc(-c2cc(C(C)(C)C)c3ccccc3c2)c1. The van der Waals surface area contributed by atoms with Gasteiger partial charge in [0.1, 0.15) is 0 Å². The Bertz CT molecular complexity index is 1260. The number of pyridine rings is 1. The fourth-order valence-electron chi connectivity index (χ4n) is 4.29. The van der Waals surface area contributed by atoms with Crippen molar-refractivity contribution in [2.75, 3.05) is 0 Å². The Morgan fingerprint density at radius 1 is 0.774 bits per heavy atom. The Morgan fingerprint density at radius 2 is 1.52 bits per heavy atom. The third kappa shape index (κ3) is 4.48. The summed E-state index contributed by atoms with van der Waals surface area (Å²) in [4.78, 5) is 4.76. The van der Waals surface area contributed by atoms with Crippen LogP contribution >= 0.6 is 0 Å². The van der Waals surface area contributed by atoms with Crippen molar-refractivity contribution in [3.05, 3.63) is 84.1 Å². The van der Waals surface area contributed by atoms with Gasteiger partial charge < -0.3 is 0 Å². The van der Waals surface area contributed by atoms with Gasteiger partial charge in [-0.3, -0.25) is 0 Å². The molecule has 0 atom stereocenters. The van der Waals surface area contributed by atoms with Gasteiger partial charge in [-0.1, -0.05) is 6.07 Å². The van der Waals surface area contributed by atoms with E-state index in [1.807, 2.05) is 6.20 Å². The molecule has 31 heavy (non-hydrogen) atoms. The van der Waals surface area contributed by atoms with Crippen LogP contribution in [0.3, 0.4) is 0 Å². The van der Waals surface area contributed by atoms with Crippen LogP contribution in [0.2, 0.25) is 17.3 Å². The fraction of sp³-hybridized carbons (Fsp3) is 0.276. The molecular formula is C29H33GeN. The van der Waals surface area contributed by atoms with E-state index in [0.717, 1.165) is 5.69 Å². The summed E-state index contributed by atoms with van der Waals surface area (Å²) >= 11 is -1.83. The summed E-state index contributed by atoms with van der Waals surface area (Å²) in [7, 11) is 0. The molecule has 0 aliphatic carbocycles. The van der Waals surface area contributed by atoms with Gasteiger partial charge in [0.2, 0.25) is 0 Å². The Balaban J connectivity index is 1.84. The Morgan fingerprint density at radius 3 is 2.19 bits per heavy atom. The van der Waals surface area contributed by atoms with E-state index in [1.165, 1.54) is 38.6 Å². The number of fused-ring (bicyclic) bond motifs is 1. The fourth-order valence-corrected chi connectivity index (χ4v) is 6.88. The van der Waals surface area contributed by atoms with Gasteiger partial charge in [-0.15, -0.1) is 0 Å². The number of aromatic nitrogens is 1. The predicted molar refractivity (Wildman–Crippen MR) is 139 cm³/mol. The van der Waals surface area contributed by atoms with Crippen LogP contribution in [0.5, 0.6) is 0 Å². The number of nitrogens with zero attached hydrogens (tertiary/aromatic N) is 1. The molecule has 1 heterocycles. The van der Waals surface area contributed by atoms with Crippen molar-refractivity contribution in [1.29, 1.82) is 0 Å². The standard InChI is InChI=1S/C29H33GeN/c1-20-16-24(30(5,6)7)12-13-25(20)22-14-15-31-28(19-22)23-17-21-10-8-9-11-26(21)27(18-23)29(2,3)4/h8-19H,1-7H3. The zero-order valence-electron chi connectivity index (χ0n) is 19.9. The first kappa shape index (κ1) is 21.8. The third-order valence-corrected chi connectivity index (χ3v) is 10.4. The van der Waals surface area contributed by atoms with E-state index in [9.17, 15) is 0 Å². The third-order valence-electron chi connectivity index (χ3n) is 6.13.